The summed E-state index contributed by atoms with van der Waals surface area (Å²) in [7, 11) is 0. The molecular formula is C17H25FO. The van der Waals surface area contributed by atoms with E-state index in [1.54, 1.807) is 0 Å². The zero-order valence-corrected chi connectivity index (χ0v) is 11.9. The fourth-order valence-corrected chi connectivity index (χ4v) is 3.24. The van der Waals surface area contributed by atoms with Gasteiger partial charge in [-0.25, -0.2) is 4.39 Å². The Labute approximate surface area is 115 Å². The highest BCUT2D eigenvalue weighted by atomic mass is 19.1. The molecule has 1 aliphatic carbocycles. The third kappa shape index (κ3) is 3.95. The van der Waals surface area contributed by atoms with Crippen molar-refractivity contribution in [2.24, 2.45) is 5.92 Å². The summed E-state index contributed by atoms with van der Waals surface area (Å²) in [5, 5.41) is 9.23. The van der Waals surface area contributed by atoms with Gasteiger partial charge in [0.15, 0.2) is 11.6 Å². The summed E-state index contributed by atoms with van der Waals surface area (Å²) in [5.41, 5.74) is 1.06. The van der Waals surface area contributed by atoms with E-state index in [0.29, 0.717) is 5.92 Å². The van der Waals surface area contributed by atoms with Crippen LogP contribution in [0, 0.1) is 11.7 Å². The lowest BCUT2D eigenvalue weighted by atomic mass is 9.77. The molecule has 2 heteroatoms. The third-order valence-electron chi connectivity index (χ3n) is 4.51. The van der Waals surface area contributed by atoms with Crippen molar-refractivity contribution in [2.45, 2.75) is 64.2 Å². The second-order valence-electron chi connectivity index (χ2n) is 5.92. The van der Waals surface area contributed by atoms with Gasteiger partial charge in [-0.1, -0.05) is 38.7 Å². The van der Waals surface area contributed by atoms with E-state index in [0.717, 1.165) is 11.5 Å². The van der Waals surface area contributed by atoms with E-state index in [1.807, 2.05) is 6.07 Å². The van der Waals surface area contributed by atoms with E-state index in [1.165, 1.54) is 63.5 Å². The summed E-state index contributed by atoms with van der Waals surface area (Å²) >= 11 is 0. The Kier molecular flexibility index (Phi) is 5.24. The van der Waals surface area contributed by atoms with Gasteiger partial charge >= 0.3 is 0 Å². The first-order valence-corrected chi connectivity index (χ1v) is 7.69. The van der Waals surface area contributed by atoms with Crippen LogP contribution in [0.1, 0.15) is 69.8 Å². The summed E-state index contributed by atoms with van der Waals surface area (Å²) in [6.07, 6.45) is 10.3. The Morgan fingerprint density at radius 3 is 2.53 bits per heavy atom. The predicted octanol–water partition coefficient (Wildman–Crippen LogP) is 5.39. The number of phenols is 1. The molecule has 1 nitrogen and oxygen atoms in total. The number of aromatic hydroxyl groups is 1. The van der Waals surface area contributed by atoms with Gasteiger partial charge in [-0.15, -0.1) is 0 Å². The van der Waals surface area contributed by atoms with Crippen molar-refractivity contribution in [3.8, 4) is 5.75 Å². The summed E-state index contributed by atoms with van der Waals surface area (Å²) in [6.45, 7) is 2.25. The van der Waals surface area contributed by atoms with Crippen molar-refractivity contribution in [2.75, 3.05) is 0 Å². The van der Waals surface area contributed by atoms with Gasteiger partial charge in [0.25, 0.3) is 0 Å². The molecule has 0 heterocycles. The zero-order valence-electron chi connectivity index (χ0n) is 11.9. The van der Waals surface area contributed by atoms with Crippen LogP contribution in [0.2, 0.25) is 0 Å². The van der Waals surface area contributed by atoms with Gasteiger partial charge in [-0.2, -0.15) is 0 Å². The van der Waals surface area contributed by atoms with Gasteiger partial charge in [0.05, 0.1) is 0 Å². The predicted molar refractivity (Wildman–Crippen MR) is 76.9 cm³/mol. The summed E-state index contributed by atoms with van der Waals surface area (Å²) in [4.78, 5) is 0. The maximum absolute atomic E-state index is 13.4. The Bertz CT molecular complexity index is 394. The smallest absolute Gasteiger partial charge is 0.165 e. The molecule has 19 heavy (non-hydrogen) atoms. The van der Waals surface area contributed by atoms with Crippen LogP contribution >= 0.6 is 0 Å². The monoisotopic (exact) mass is 264 g/mol. The zero-order chi connectivity index (χ0) is 13.7. The standard InChI is InChI=1S/C17H25FO/c1-2-3-4-5-13-6-8-14(9-7-13)15-10-11-17(19)16(18)12-15/h10-14,19H,2-9H2,1H3. The lowest BCUT2D eigenvalue weighted by Gasteiger charge is -2.29. The van der Waals surface area contributed by atoms with Gasteiger partial charge in [0, 0.05) is 0 Å². The van der Waals surface area contributed by atoms with Crippen LogP contribution in [0.4, 0.5) is 4.39 Å². The highest BCUT2D eigenvalue weighted by Gasteiger charge is 2.22. The van der Waals surface area contributed by atoms with Gasteiger partial charge < -0.3 is 5.11 Å². The number of hydrogen-bond donors (Lipinski definition) is 1. The van der Waals surface area contributed by atoms with E-state index in [9.17, 15) is 9.50 Å². The molecule has 1 aliphatic rings. The lowest BCUT2D eigenvalue weighted by Crippen LogP contribution is -2.13. The Hall–Kier alpha value is -1.05. The average Bonchev–Trinajstić information content (AvgIpc) is 2.43. The molecule has 0 bridgehead atoms. The number of hydrogen-bond acceptors (Lipinski definition) is 1. The molecule has 1 saturated carbocycles. The largest absolute Gasteiger partial charge is 0.505 e. The SMILES string of the molecule is CCCCCC1CCC(c2ccc(O)c(F)c2)CC1. The molecule has 2 rings (SSSR count). The third-order valence-corrected chi connectivity index (χ3v) is 4.51. The fourth-order valence-electron chi connectivity index (χ4n) is 3.24. The maximum atomic E-state index is 13.4. The molecular weight excluding hydrogens is 239 g/mol. The van der Waals surface area contributed by atoms with Crippen molar-refractivity contribution in [3.05, 3.63) is 29.6 Å². The van der Waals surface area contributed by atoms with Crippen molar-refractivity contribution in [1.82, 2.24) is 0 Å². The molecule has 1 aromatic rings. The van der Waals surface area contributed by atoms with E-state index in [-0.39, 0.29) is 5.75 Å². The first-order chi connectivity index (χ1) is 9.20. The van der Waals surface area contributed by atoms with E-state index in [4.69, 9.17) is 0 Å². The summed E-state index contributed by atoms with van der Waals surface area (Å²) in [6, 6.07) is 4.87. The maximum Gasteiger partial charge on any atom is 0.165 e. The molecule has 1 aromatic carbocycles. The number of unbranched alkanes of at least 4 members (excludes halogenated alkanes) is 2. The first-order valence-electron chi connectivity index (χ1n) is 7.69. The number of rotatable bonds is 5. The average molecular weight is 264 g/mol. The highest BCUT2D eigenvalue weighted by Crippen LogP contribution is 2.38. The number of halogens is 1. The molecule has 1 N–H and O–H groups in total. The van der Waals surface area contributed by atoms with Crippen LogP contribution in [0.3, 0.4) is 0 Å². The molecule has 0 amide bonds. The van der Waals surface area contributed by atoms with Gasteiger partial charge in [-0.05, 0) is 55.2 Å². The normalized spacial score (nSPS) is 23.5. The lowest BCUT2D eigenvalue weighted by molar-refractivity contribution is 0.302. The molecule has 0 aromatic heterocycles. The number of benzene rings is 1. The molecule has 0 spiro atoms. The fraction of sp³-hybridized carbons (Fsp3) is 0.647. The van der Waals surface area contributed by atoms with Crippen LogP contribution in [-0.2, 0) is 0 Å². The Balaban J connectivity index is 1.84. The summed E-state index contributed by atoms with van der Waals surface area (Å²) < 4.78 is 13.4. The topological polar surface area (TPSA) is 20.2 Å². The van der Waals surface area contributed by atoms with E-state index in [2.05, 4.69) is 6.92 Å². The second-order valence-corrected chi connectivity index (χ2v) is 5.92. The van der Waals surface area contributed by atoms with Crippen molar-refractivity contribution in [3.63, 3.8) is 0 Å². The summed E-state index contributed by atoms with van der Waals surface area (Å²) in [5.74, 6) is 0.641. The molecule has 0 radical (unpaired) electrons. The van der Waals surface area contributed by atoms with Crippen LogP contribution in [0.15, 0.2) is 18.2 Å². The quantitative estimate of drug-likeness (QED) is 0.707. The van der Waals surface area contributed by atoms with Gasteiger partial charge in [-0.3, -0.25) is 0 Å². The Morgan fingerprint density at radius 2 is 1.89 bits per heavy atom. The van der Waals surface area contributed by atoms with Crippen LogP contribution in [0.25, 0.3) is 0 Å². The van der Waals surface area contributed by atoms with Crippen LogP contribution in [0.5, 0.6) is 5.75 Å². The van der Waals surface area contributed by atoms with Crippen molar-refractivity contribution in [1.29, 1.82) is 0 Å². The number of phenolic OH excluding ortho intramolecular Hbond substituents is 1. The minimum Gasteiger partial charge on any atom is -0.505 e. The van der Waals surface area contributed by atoms with Gasteiger partial charge in [0.2, 0.25) is 0 Å². The van der Waals surface area contributed by atoms with Gasteiger partial charge in [0.1, 0.15) is 0 Å². The molecule has 0 saturated heterocycles. The minimum absolute atomic E-state index is 0.239. The van der Waals surface area contributed by atoms with E-state index < -0.39 is 5.82 Å². The molecule has 0 aliphatic heterocycles. The minimum atomic E-state index is -0.484. The van der Waals surface area contributed by atoms with Crippen LogP contribution in [-0.4, -0.2) is 5.11 Å². The molecule has 106 valence electrons. The van der Waals surface area contributed by atoms with Crippen molar-refractivity contribution >= 4 is 0 Å². The molecule has 0 unspecified atom stereocenters. The molecule has 1 fully saturated rings. The van der Waals surface area contributed by atoms with Crippen molar-refractivity contribution < 1.29 is 9.50 Å². The van der Waals surface area contributed by atoms with Crippen LogP contribution < -0.4 is 0 Å². The first kappa shape index (κ1) is 14.4. The molecule has 0 atom stereocenters. The second kappa shape index (κ2) is 6.93. The Morgan fingerprint density at radius 1 is 1.16 bits per heavy atom. The van der Waals surface area contributed by atoms with E-state index >= 15 is 0 Å². The highest BCUT2D eigenvalue weighted by molar-refractivity contribution is 5.30.